The van der Waals surface area contributed by atoms with Crippen LogP contribution in [0.5, 0.6) is 5.75 Å². The van der Waals surface area contributed by atoms with E-state index in [1.807, 2.05) is 0 Å². The number of carbonyl (C=O) groups is 2. The molecule has 7 N–H and O–H groups in total. The van der Waals surface area contributed by atoms with E-state index in [-0.39, 0.29) is 58.3 Å². The molecule has 3 rings (SSSR count). The van der Waals surface area contributed by atoms with Crippen molar-refractivity contribution in [2.75, 3.05) is 7.11 Å². The predicted octanol–water partition coefficient (Wildman–Crippen LogP) is 0.805. The third kappa shape index (κ3) is 5.80. The molecular formula is C19H23ClNNaO7. The van der Waals surface area contributed by atoms with Crippen molar-refractivity contribution >= 4 is 63.9 Å². The number of aromatic nitrogens is 1. The Morgan fingerprint density at radius 1 is 1.07 bits per heavy atom. The van der Waals surface area contributed by atoms with Crippen molar-refractivity contribution < 1.29 is 35.9 Å². The molecule has 0 amide bonds. The Balaban J connectivity index is 0. The molecular weight excluding hydrogens is 413 g/mol. The van der Waals surface area contributed by atoms with Crippen molar-refractivity contribution in [1.82, 2.24) is 4.57 Å². The number of halogens is 1. The zero-order valence-corrected chi connectivity index (χ0v) is 16.0. The SMILES string of the molecule is COc1ccc2c(c1)c(CC(=O)O)c(C)n2C(=O)c1ccc(Cl)cc1.O.O.O.[NaH]. The first kappa shape index (κ1) is 29.3. The summed E-state index contributed by atoms with van der Waals surface area (Å²) in [5.74, 6) is -0.583. The molecule has 29 heavy (non-hydrogen) atoms. The summed E-state index contributed by atoms with van der Waals surface area (Å²) in [4.78, 5) is 24.3. The van der Waals surface area contributed by atoms with Gasteiger partial charge >= 0.3 is 35.5 Å². The van der Waals surface area contributed by atoms with Crippen molar-refractivity contribution in [2.45, 2.75) is 13.3 Å². The second-order valence-electron chi connectivity index (χ2n) is 5.67. The van der Waals surface area contributed by atoms with Gasteiger partial charge in [0.05, 0.1) is 19.0 Å². The van der Waals surface area contributed by atoms with Gasteiger partial charge in [-0.1, -0.05) is 11.6 Å². The molecule has 10 heteroatoms. The molecule has 0 aliphatic rings. The van der Waals surface area contributed by atoms with Crippen LogP contribution in [0.1, 0.15) is 21.6 Å². The standard InChI is InChI=1S/C19H16ClNO4.Na.3H2O.H/c1-11-15(10-18(22)23)16-9-14(25-2)7-8-17(16)21(11)19(24)12-3-5-13(20)6-4-12;;;;;/h3-9H,10H2,1-2H3,(H,22,23);;3*1H2;. The molecule has 0 spiro atoms. The number of carboxylic acids is 1. The molecule has 0 aliphatic heterocycles. The number of aliphatic carboxylic acids is 1. The number of ether oxygens (including phenoxy) is 1. The van der Waals surface area contributed by atoms with E-state index in [0.717, 1.165) is 0 Å². The third-order valence-corrected chi connectivity index (χ3v) is 4.42. The van der Waals surface area contributed by atoms with Crippen LogP contribution in [0.15, 0.2) is 42.5 Å². The molecule has 0 fully saturated rings. The Labute approximate surface area is 194 Å². The fraction of sp³-hybridized carbons (Fsp3) is 0.158. The zero-order valence-electron chi connectivity index (χ0n) is 15.2. The first-order valence-corrected chi connectivity index (χ1v) is 8.00. The number of methoxy groups -OCH3 is 1. The molecule has 1 aromatic heterocycles. The first-order chi connectivity index (χ1) is 11.9. The van der Waals surface area contributed by atoms with Crippen LogP contribution in [0.25, 0.3) is 10.9 Å². The molecule has 0 unspecified atom stereocenters. The maximum atomic E-state index is 13.0. The summed E-state index contributed by atoms with van der Waals surface area (Å²) >= 11 is 5.89. The zero-order chi connectivity index (χ0) is 18.1. The fourth-order valence-electron chi connectivity index (χ4n) is 2.95. The minimum absolute atomic E-state index is 0. The molecule has 0 saturated heterocycles. The molecule has 1 heterocycles. The fourth-order valence-corrected chi connectivity index (χ4v) is 3.07. The van der Waals surface area contributed by atoms with Crippen LogP contribution >= 0.6 is 11.6 Å². The monoisotopic (exact) mass is 435 g/mol. The first-order valence-electron chi connectivity index (χ1n) is 7.62. The van der Waals surface area contributed by atoms with Crippen molar-refractivity contribution in [3.63, 3.8) is 0 Å². The number of benzene rings is 2. The van der Waals surface area contributed by atoms with Gasteiger partial charge < -0.3 is 26.3 Å². The van der Waals surface area contributed by atoms with E-state index in [9.17, 15) is 14.7 Å². The molecule has 0 atom stereocenters. The van der Waals surface area contributed by atoms with E-state index < -0.39 is 5.97 Å². The second kappa shape index (κ2) is 11.9. The Morgan fingerprint density at radius 3 is 2.17 bits per heavy atom. The summed E-state index contributed by atoms with van der Waals surface area (Å²) in [6, 6.07) is 11.9. The number of nitrogens with zero attached hydrogens (tertiary/aromatic N) is 1. The Kier molecular flexibility index (Phi) is 12.1. The van der Waals surface area contributed by atoms with Gasteiger partial charge in [0.15, 0.2) is 0 Å². The number of carboxylic acid groups (broad SMARTS) is 1. The molecule has 154 valence electrons. The van der Waals surface area contributed by atoms with E-state index in [1.165, 1.54) is 4.57 Å². The number of hydrogen-bond donors (Lipinski definition) is 1. The number of carbonyl (C=O) groups excluding carboxylic acids is 1. The van der Waals surface area contributed by atoms with Gasteiger partial charge in [-0.25, -0.2) is 0 Å². The van der Waals surface area contributed by atoms with E-state index in [1.54, 1.807) is 56.5 Å². The Bertz CT molecular complexity index is 986. The van der Waals surface area contributed by atoms with Gasteiger partial charge in [0.2, 0.25) is 0 Å². The summed E-state index contributed by atoms with van der Waals surface area (Å²) in [6.45, 7) is 1.75. The molecule has 8 nitrogen and oxygen atoms in total. The van der Waals surface area contributed by atoms with Gasteiger partial charge in [0.25, 0.3) is 5.91 Å². The molecule has 0 bridgehead atoms. The van der Waals surface area contributed by atoms with Crippen LogP contribution in [0.3, 0.4) is 0 Å². The summed E-state index contributed by atoms with van der Waals surface area (Å²) in [6.07, 6.45) is -0.170. The van der Waals surface area contributed by atoms with Crippen LogP contribution in [0.2, 0.25) is 5.02 Å². The van der Waals surface area contributed by atoms with E-state index in [0.29, 0.717) is 38.5 Å². The minimum atomic E-state index is -0.955. The third-order valence-electron chi connectivity index (χ3n) is 4.16. The van der Waals surface area contributed by atoms with E-state index in [2.05, 4.69) is 0 Å². The maximum absolute atomic E-state index is 13.0. The molecule has 3 aromatic rings. The van der Waals surface area contributed by atoms with Gasteiger partial charge in [-0.15, -0.1) is 0 Å². The van der Waals surface area contributed by atoms with Crippen LogP contribution in [0.4, 0.5) is 0 Å². The average molecular weight is 436 g/mol. The normalized spacial score (nSPS) is 9.34. The Morgan fingerprint density at radius 2 is 1.66 bits per heavy atom. The number of fused-ring (bicyclic) bond motifs is 1. The van der Waals surface area contributed by atoms with Crippen molar-refractivity contribution in [3.05, 3.63) is 64.3 Å². The van der Waals surface area contributed by atoms with Crippen LogP contribution in [0, 0.1) is 6.92 Å². The average Bonchev–Trinajstić information content (AvgIpc) is 2.86. The summed E-state index contributed by atoms with van der Waals surface area (Å²) in [7, 11) is 1.54. The van der Waals surface area contributed by atoms with Crippen LogP contribution in [-0.4, -0.2) is 74.6 Å². The van der Waals surface area contributed by atoms with Gasteiger partial charge in [-0.05, 0) is 55.0 Å². The molecule has 0 aliphatic carbocycles. The quantitative estimate of drug-likeness (QED) is 0.599. The van der Waals surface area contributed by atoms with E-state index in [4.69, 9.17) is 16.3 Å². The molecule has 0 saturated carbocycles. The Hall–Kier alpha value is -1.91. The van der Waals surface area contributed by atoms with Crippen molar-refractivity contribution in [1.29, 1.82) is 0 Å². The molecule has 0 radical (unpaired) electrons. The van der Waals surface area contributed by atoms with Gasteiger partial charge in [-0.2, -0.15) is 0 Å². The number of hydrogen-bond acceptors (Lipinski definition) is 3. The second-order valence-corrected chi connectivity index (χ2v) is 6.10. The topological polar surface area (TPSA) is 163 Å². The summed E-state index contributed by atoms with van der Waals surface area (Å²) < 4.78 is 6.77. The summed E-state index contributed by atoms with van der Waals surface area (Å²) in [5.41, 5.74) is 2.32. The van der Waals surface area contributed by atoms with Crippen molar-refractivity contribution in [2.24, 2.45) is 0 Å². The van der Waals surface area contributed by atoms with Gasteiger partial charge in [-0.3, -0.25) is 14.2 Å². The van der Waals surface area contributed by atoms with Crippen LogP contribution in [-0.2, 0) is 11.2 Å². The van der Waals surface area contributed by atoms with E-state index >= 15 is 0 Å². The van der Waals surface area contributed by atoms with Gasteiger partial charge in [0.1, 0.15) is 5.75 Å². The van der Waals surface area contributed by atoms with Crippen LogP contribution < -0.4 is 4.74 Å². The summed E-state index contributed by atoms with van der Waals surface area (Å²) in [5, 5.41) is 10.5. The predicted molar refractivity (Wildman–Crippen MR) is 114 cm³/mol. The van der Waals surface area contributed by atoms with Gasteiger partial charge in [0, 0.05) is 21.7 Å². The van der Waals surface area contributed by atoms with Crippen molar-refractivity contribution in [3.8, 4) is 5.75 Å². The molecule has 2 aromatic carbocycles. The number of rotatable bonds is 4.